The van der Waals surface area contributed by atoms with Gasteiger partial charge in [0.15, 0.2) is 0 Å². The van der Waals surface area contributed by atoms with Crippen LogP contribution in [0.3, 0.4) is 0 Å². The van der Waals surface area contributed by atoms with Gasteiger partial charge in [0.2, 0.25) is 5.88 Å². The molecule has 41 heavy (non-hydrogen) atoms. The van der Waals surface area contributed by atoms with E-state index in [1.165, 1.54) is 13.3 Å². The van der Waals surface area contributed by atoms with Crippen LogP contribution in [0.2, 0.25) is 0 Å². The molecule has 3 aliphatic rings. The number of aliphatic carboxylic acids is 1. The van der Waals surface area contributed by atoms with Crippen molar-refractivity contribution in [1.29, 1.82) is 0 Å². The average Bonchev–Trinajstić information content (AvgIpc) is 3.83. The summed E-state index contributed by atoms with van der Waals surface area (Å²) < 4.78 is 32.5. The van der Waals surface area contributed by atoms with Crippen LogP contribution in [0.5, 0.6) is 11.6 Å². The maximum absolute atomic E-state index is 15.0. The molecule has 3 heterocycles. The highest BCUT2D eigenvalue weighted by Gasteiger charge is 2.39. The normalized spacial score (nSPS) is 20.5. The molecule has 2 unspecified atom stereocenters. The molecule has 2 aliphatic heterocycles. The first-order valence-corrected chi connectivity index (χ1v) is 14.6. The van der Waals surface area contributed by atoms with Crippen molar-refractivity contribution in [2.45, 2.75) is 51.2 Å². The molecule has 216 valence electrons. The third-order valence-corrected chi connectivity index (χ3v) is 8.81. The molecule has 0 bridgehead atoms. The van der Waals surface area contributed by atoms with Crippen molar-refractivity contribution >= 4 is 5.97 Å². The van der Waals surface area contributed by atoms with E-state index < -0.39 is 17.7 Å². The van der Waals surface area contributed by atoms with Crippen LogP contribution >= 0.6 is 0 Å². The summed E-state index contributed by atoms with van der Waals surface area (Å²) in [6.45, 7) is 5.48. The molecule has 0 radical (unpaired) electrons. The lowest BCUT2D eigenvalue weighted by Gasteiger charge is -2.30. The van der Waals surface area contributed by atoms with E-state index in [-0.39, 0.29) is 12.0 Å². The van der Waals surface area contributed by atoms with Crippen LogP contribution in [0.4, 0.5) is 4.39 Å². The third kappa shape index (κ3) is 5.95. The molecule has 2 fully saturated rings. The van der Waals surface area contributed by atoms with Gasteiger partial charge in [-0.2, -0.15) is 0 Å². The minimum Gasteiger partial charge on any atom is -0.485 e. The zero-order chi connectivity index (χ0) is 28.5. The van der Waals surface area contributed by atoms with Crippen LogP contribution in [0, 0.1) is 17.7 Å². The van der Waals surface area contributed by atoms with Gasteiger partial charge in [0.25, 0.3) is 0 Å². The number of halogens is 1. The van der Waals surface area contributed by atoms with E-state index in [4.69, 9.17) is 14.2 Å². The van der Waals surface area contributed by atoms with E-state index in [9.17, 15) is 9.90 Å². The molecule has 1 saturated carbocycles. The Hall–Kier alpha value is -3.49. The van der Waals surface area contributed by atoms with Gasteiger partial charge in [-0.25, -0.2) is 9.37 Å². The van der Waals surface area contributed by atoms with Crippen LogP contribution in [0.1, 0.15) is 60.5 Å². The Morgan fingerprint density at radius 1 is 1.12 bits per heavy atom. The lowest BCUT2D eigenvalue weighted by Crippen LogP contribution is -2.35. The Bertz CT molecular complexity index is 1420. The first kappa shape index (κ1) is 27.7. The van der Waals surface area contributed by atoms with Crippen LogP contribution in [-0.4, -0.2) is 54.4 Å². The van der Waals surface area contributed by atoms with E-state index in [1.807, 2.05) is 19.1 Å². The predicted octanol–water partition coefficient (Wildman–Crippen LogP) is 6.01. The summed E-state index contributed by atoms with van der Waals surface area (Å²) >= 11 is 0. The van der Waals surface area contributed by atoms with E-state index in [0.29, 0.717) is 37.1 Å². The minimum atomic E-state index is -0.755. The quantitative estimate of drug-likeness (QED) is 0.343. The number of aryl methyl sites for hydroxylation is 1. The molecule has 1 N–H and O–H groups in total. The molecule has 1 saturated heterocycles. The standard InChI is InChI=1S/C33H37FN2O5/c1-20(33(37)38)32(22-4-5-22)24-6-3-21-8-10-29(41-30(21)16-24)23-7-9-26(27-17-31(39-2)35-18-28(27)34)25(15-23)19-36-11-13-40-14-12-36/h3,6-7,9,15-18,20,22,29,32H,4-5,8,10-14,19H2,1-2H3,(H,37,38)/t20-,29?,32?/m0/s1. The van der Waals surface area contributed by atoms with Crippen molar-refractivity contribution in [3.63, 3.8) is 0 Å². The number of aromatic nitrogens is 1. The molecular formula is C33H37FN2O5. The number of fused-ring (bicyclic) bond motifs is 1. The maximum Gasteiger partial charge on any atom is 0.306 e. The molecule has 1 aromatic heterocycles. The fourth-order valence-electron chi connectivity index (χ4n) is 6.35. The molecule has 3 atom stereocenters. The van der Waals surface area contributed by atoms with Crippen LogP contribution in [0.25, 0.3) is 11.1 Å². The van der Waals surface area contributed by atoms with Gasteiger partial charge in [0.05, 0.1) is 32.4 Å². The van der Waals surface area contributed by atoms with Gasteiger partial charge >= 0.3 is 5.97 Å². The minimum absolute atomic E-state index is 0.00608. The summed E-state index contributed by atoms with van der Waals surface area (Å²) in [6.07, 6.45) is 4.91. The fourth-order valence-corrected chi connectivity index (χ4v) is 6.35. The number of benzene rings is 2. The van der Waals surface area contributed by atoms with Crippen molar-refractivity contribution < 1.29 is 28.5 Å². The van der Waals surface area contributed by atoms with Gasteiger partial charge in [-0.1, -0.05) is 37.3 Å². The Kier molecular flexibility index (Phi) is 7.95. The molecule has 1 aliphatic carbocycles. The lowest BCUT2D eigenvalue weighted by atomic mass is 9.82. The Morgan fingerprint density at radius 3 is 2.66 bits per heavy atom. The Labute approximate surface area is 240 Å². The second kappa shape index (κ2) is 11.8. The van der Waals surface area contributed by atoms with Gasteiger partial charge in [-0.3, -0.25) is 9.69 Å². The topological polar surface area (TPSA) is 81.1 Å². The number of carboxylic acid groups (broad SMARTS) is 1. The predicted molar refractivity (Wildman–Crippen MR) is 153 cm³/mol. The van der Waals surface area contributed by atoms with Gasteiger partial charge in [0, 0.05) is 31.3 Å². The summed E-state index contributed by atoms with van der Waals surface area (Å²) in [4.78, 5) is 18.2. The average molecular weight is 561 g/mol. The number of hydrogen-bond donors (Lipinski definition) is 1. The molecule has 2 aromatic carbocycles. The summed E-state index contributed by atoms with van der Waals surface area (Å²) in [5.74, 6) is 0.0302. The molecule has 8 heteroatoms. The molecular weight excluding hydrogens is 523 g/mol. The van der Waals surface area contributed by atoms with Crippen LogP contribution in [0.15, 0.2) is 48.7 Å². The monoisotopic (exact) mass is 560 g/mol. The summed E-state index contributed by atoms with van der Waals surface area (Å²) in [6, 6.07) is 14.1. The van der Waals surface area contributed by atoms with Crippen LogP contribution < -0.4 is 9.47 Å². The number of methoxy groups -OCH3 is 1. The lowest BCUT2D eigenvalue weighted by molar-refractivity contribution is -0.142. The summed E-state index contributed by atoms with van der Waals surface area (Å²) in [5, 5.41) is 9.74. The van der Waals surface area contributed by atoms with E-state index in [1.54, 1.807) is 6.07 Å². The zero-order valence-corrected chi connectivity index (χ0v) is 23.6. The number of hydrogen-bond acceptors (Lipinski definition) is 6. The van der Waals surface area contributed by atoms with Gasteiger partial charge in [-0.05, 0) is 71.4 Å². The SMILES string of the molecule is COc1cc(-c2ccc(C3CCc4ccc(C(C5CC5)[C@H](C)C(=O)O)cc4O3)cc2CN2CCOCC2)c(F)cn1. The molecule has 0 amide bonds. The highest BCUT2D eigenvalue weighted by atomic mass is 19.1. The van der Waals surface area contributed by atoms with E-state index in [0.717, 1.165) is 72.3 Å². The zero-order valence-electron chi connectivity index (χ0n) is 23.6. The second-order valence-electron chi connectivity index (χ2n) is 11.5. The number of ether oxygens (including phenoxy) is 3. The highest BCUT2D eigenvalue weighted by molar-refractivity contribution is 5.71. The third-order valence-electron chi connectivity index (χ3n) is 8.81. The van der Waals surface area contributed by atoms with Gasteiger partial charge < -0.3 is 19.3 Å². The number of carboxylic acids is 1. The summed E-state index contributed by atoms with van der Waals surface area (Å²) in [7, 11) is 1.53. The molecule has 3 aromatic rings. The van der Waals surface area contributed by atoms with Gasteiger partial charge in [0.1, 0.15) is 17.7 Å². The molecule has 6 rings (SSSR count). The Balaban J connectivity index is 1.31. The number of morpholine rings is 1. The Morgan fingerprint density at radius 2 is 1.93 bits per heavy atom. The van der Waals surface area contributed by atoms with Crippen molar-refractivity contribution in [2.75, 3.05) is 33.4 Å². The smallest absolute Gasteiger partial charge is 0.306 e. The van der Waals surface area contributed by atoms with Crippen molar-refractivity contribution in [3.8, 4) is 22.8 Å². The van der Waals surface area contributed by atoms with Crippen molar-refractivity contribution in [1.82, 2.24) is 9.88 Å². The van der Waals surface area contributed by atoms with E-state index >= 15 is 4.39 Å². The number of carbonyl (C=O) groups is 1. The fraction of sp³-hybridized carbons (Fsp3) is 0.455. The number of nitrogens with zero attached hydrogens (tertiary/aromatic N) is 2. The number of rotatable bonds is 9. The first-order chi connectivity index (χ1) is 19.9. The molecule has 7 nitrogen and oxygen atoms in total. The molecule has 0 spiro atoms. The number of pyridine rings is 1. The van der Waals surface area contributed by atoms with Gasteiger partial charge in [-0.15, -0.1) is 0 Å². The van der Waals surface area contributed by atoms with Crippen molar-refractivity contribution in [3.05, 3.63) is 76.7 Å². The summed E-state index contributed by atoms with van der Waals surface area (Å²) in [5.41, 5.74) is 5.54. The largest absolute Gasteiger partial charge is 0.485 e. The maximum atomic E-state index is 15.0. The van der Waals surface area contributed by atoms with Crippen LogP contribution in [-0.2, 0) is 22.5 Å². The van der Waals surface area contributed by atoms with Crippen molar-refractivity contribution in [2.24, 2.45) is 11.8 Å². The first-order valence-electron chi connectivity index (χ1n) is 14.6. The second-order valence-corrected chi connectivity index (χ2v) is 11.5. The highest BCUT2D eigenvalue weighted by Crippen LogP contribution is 2.48. The van der Waals surface area contributed by atoms with E-state index in [2.05, 4.69) is 34.1 Å².